The average molecular weight is 238 g/mol. The zero-order valence-electron chi connectivity index (χ0n) is 10.6. The van der Waals surface area contributed by atoms with Crippen LogP contribution in [-0.4, -0.2) is 5.25 Å². The van der Waals surface area contributed by atoms with Gasteiger partial charge in [0, 0.05) is 5.25 Å². The van der Waals surface area contributed by atoms with Gasteiger partial charge in [-0.25, -0.2) is 0 Å². The van der Waals surface area contributed by atoms with Gasteiger partial charge in [-0.05, 0) is 55.3 Å². The van der Waals surface area contributed by atoms with Crippen LogP contribution in [0, 0.1) is 29.6 Å². The predicted molar refractivity (Wildman–Crippen MR) is 72.8 cm³/mol. The molecule has 0 nitrogen and oxygen atoms in total. The molecule has 6 unspecified atom stereocenters. The predicted octanol–water partition coefficient (Wildman–Crippen LogP) is 4.55. The molecule has 0 aromatic heterocycles. The Balaban J connectivity index is 1.86. The minimum Gasteiger partial charge on any atom is -0.176 e. The van der Waals surface area contributed by atoms with Gasteiger partial charge in [-0.15, -0.1) is 0 Å². The maximum absolute atomic E-state index is 4.94. The van der Waals surface area contributed by atoms with E-state index in [1.807, 2.05) is 0 Å². The van der Waals surface area contributed by atoms with Crippen molar-refractivity contribution in [1.82, 2.24) is 0 Å². The Hall–Kier alpha value is 0.350. The molecule has 0 aromatic carbocycles. The SMILES string of the molecule is CCC1CCC2CCCC3CCC(S)C1C32. The molecule has 0 radical (unpaired) electrons. The first-order chi connectivity index (χ1) is 7.81. The van der Waals surface area contributed by atoms with Gasteiger partial charge in [0.2, 0.25) is 0 Å². The zero-order chi connectivity index (χ0) is 11.1. The summed E-state index contributed by atoms with van der Waals surface area (Å²) in [5.41, 5.74) is 0. The largest absolute Gasteiger partial charge is 0.176 e. The lowest BCUT2D eigenvalue weighted by molar-refractivity contribution is -0.0191. The van der Waals surface area contributed by atoms with Crippen LogP contribution in [0.15, 0.2) is 0 Å². The average Bonchev–Trinajstić information content (AvgIpc) is 2.33. The minimum absolute atomic E-state index is 0.729. The molecular formula is C15H26S. The van der Waals surface area contributed by atoms with Crippen molar-refractivity contribution in [2.75, 3.05) is 0 Å². The lowest BCUT2D eigenvalue weighted by Gasteiger charge is -2.54. The maximum atomic E-state index is 4.94. The summed E-state index contributed by atoms with van der Waals surface area (Å²) in [6, 6.07) is 0. The van der Waals surface area contributed by atoms with Crippen molar-refractivity contribution in [1.29, 1.82) is 0 Å². The van der Waals surface area contributed by atoms with Crippen LogP contribution in [0.1, 0.15) is 58.3 Å². The lowest BCUT2D eigenvalue weighted by atomic mass is 9.53. The van der Waals surface area contributed by atoms with E-state index in [1.54, 1.807) is 0 Å². The van der Waals surface area contributed by atoms with Gasteiger partial charge in [-0.3, -0.25) is 0 Å². The van der Waals surface area contributed by atoms with E-state index < -0.39 is 0 Å². The summed E-state index contributed by atoms with van der Waals surface area (Å²) in [5.74, 6) is 5.22. The van der Waals surface area contributed by atoms with E-state index in [0.717, 1.165) is 34.8 Å². The van der Waals surface area contributed by atoms with E-state index in [0.29, 0.717) is 0 Å². The summed E-state index contributed by atoms with van der Waals surface area (Å²) in [4.78, 5) is 0. The highest BCUT2D eigenvalue weighted by Gasteiger charge is 2.48. The fourth-order valence-electron chi connectivity index (χ4n) is 5.27. The van der Waals surface area contributed by atoms with Crippen LogP contribution in [0.5, 0.6) is 0 Å². The Morgan fingerprint density at radius 2 is 1.56 bits per heavy atom. The van der Waals surface area contributed by atoms with Crippen LogP contribution in [0.4, 0.5) is 0 Å². The smallest absolute Gasteiger partial charge is 0.00506 e. The van der Waals surface area contributed by atoms with E-state index in [4.69, 9.17) is 12.6 Å². The third kappa shape index (κ3) is 1.74. The molecule has 16 heavy (non-hydrogen) atoms. The van der Waals surface area contributed by atoms with Crippen LogP contribution in [0.25, 0.3) is 0 Å². The summed E-state index contributed by atoms with van der Waals surface area (Å²) in [6.45, 7) is 2.40. The second-order valence-electron chi connectivity index (χ2n) is 6.50. The molecule has 92 valence electrons. The first-order valence-electron chi connectivity index (χ1n) is 7.49. The van der Waals surface area contributed by atoms with Crippen LogP contribution in [0.3, 0.4) is 0 Å². The van der Waals surface area contributed by atoms with Gasteiger partial charge < -0.3 is 0 Å². The molecule has 0 amide bonds. The van der Waals surface area contributed by atoms with Gasteiger partial charge in [0.25, 0.3) is 0 Å². The fraction of sp³-hybridized carbons (Fsp3) is 1.00. The fourth-order valence-corrected chi connectivity index (χ4v) is 5.86. The first kappa shape index (κ1) is 11.4. The number of thiol groups is 1. The van der Waals surface area contributed by atoms with Gasteiger partial charge in [0.05, 0.1) is 0 Å². The van der Waals surface area contributed by atoms with Crippen molar-refractivity contribution in [3.05, 3.63) is 0 Å². The molecule has 1 heteroatoms. The first-order valence-corrected chi connectivity index (χ1v) is 8.01. The quantitative estimate of drug-likeness (QED) is 0.637. The molecule has 0 N–H and O–H groups in total. The van der Waals surface area contributed by atoms with Gasteiger partial charge in [-0.2, -0.15) is 12.6 Å². The highest BCUT2D eigenvalue weighted by atomic mass is 32.1. The van der Waals surface area contributed by atoms with Crippen molar-refractivity contribution >= 4 is 12.6 Å². The zero-order valence-corrected chi connectivity index (χ0v) is 11.5. The standard InChI is InChI=1S/C15H26S/c1-2-10-6-7-11-4-3-5-12-8-9-13(16)15(10)14(11)12/h10-16H,2-9H2,1H3. The van der Waals surface area contributed by atoms with Crippen molar-refractivity contribution in [2.24, 2.45) is 29.6 Å². The van der Waals surface area contributed by atoms with Crippen LogP contribution < -0.4 is 0 Å². The topological polar surface area (TPSA) is 0 Å². The molecule has 3 aliphatic carbocycles. The van der Waals surface area contributed by atoms with E-state index in [2.05, 4.69) is 6.92 Å². The molecule has 0 heterocycles. The third-order valence-corrected chi connectivity index (χ3v) is 6.54. The molecule has 0 aromatic rings. The van der Waals surface area contributed by atoms with E-state index in [9.17, 15) is 0 Å². The second-order valence-corrected chi connectivity index (χ2v) is 7.16. The third-order valence-electron chi connectivity index (χ3n) is 5.94. The molecule has 0 saturated heterocycles. The lowest BCUT2D eigenvalue weighted by Crippen LogP contribution is -2.48. The summed E-state index contributed by atoms with van der Waals surface area (Å²) in [5, 5.41) is 0.729. The molecule has 3 saturated carbocycles. The van der Waals surface area contributed by atoms with Crippen molar-refractivity contribution in [2.45, 2.75) is 63.5 Å². The van der Waals surface area contributed by atoms with Crippen molar-refractivity contribution < 1.29 is 0 Å². The molecule has 3 rings (SSSR count). The Morgan fingerprint density at radius 1 is 0.875 bits per heavy atom. The summed E-state index contributed by atoms with van der Waals surface area (Å²) in [7, 11) is 0. The van der Waals surface area contributed by atoms with Crippen molar-refractivity contribution in [3.63, 3.8) is 0 Å². The highest BCUT2D eigenvalue weighted by molar-refractivity contribution is 7.81. The molecule has 6 atom stereocenters. The number of hydrogen-bond donors (Lipinski definition) is 1. The highest BCUT2D eigenvalue weighted by Crippen LogP contribution is 2.56. The van der Waals surface area contributed by atoms with Gasteiger partial charge in [0.15, 0.2) is 0 Å². The molecule has 3 fully saturated rings. The van der Waals surface area contributed by atoms with Gasteiger partial charge in [-0.1, -0.05) is 32.6 Å². The Labute approximate surface area is 106 Å². The number of rotatable bonds is 1. The molecule has 0 spiro atoms. The monoisotopic (exact) mass is 238 g/mol. The van der Waals surface area contributed by atoms with Crippen LogP contribution in [-0.2, 0) is 0 Å². The maximum Gasteiger partial charge on any atom is 0.00506 e. The summed E-state index contributed by atoms with van der Waals surface area (Å²) in [6.07, 6.45) is 11.9. The van der Waals surface area contributed by atoms with E-state index in [1.165, 1.54) is 51.4 Å². The molecule has 0 aliphatic heterocycles. The summed E-state index contributed by atoms with van der Waals surface area (Å²) >= 11 is 4.94. The minimum atomic E-state index is 0.729. The second kappa shape index (κ2) is 4.55. The van der Waals surface area contributed by atoms with E-state index >= 15 is 0 Å². The van der Waals surface area contributed by atoms with Crippen LogP contribution in [0.2, 0.25) is 0 Å². The number of hydrogen-bond acceptors (Lipinski definition) is 1. The van der Waals surface area contributed by atoms with Crippen molar-refractivity contribution in [3.8, 4) is 0 Å². The van der Waals surface area contributed by atoms with Gasteiger partial charge >= 0.3 is 0 Å². The molecule has 3 aliphatic rings. The normalized spacial score (nSPS) is 52.1. The molecule has 0 bridgehead atoms. The Kier molecular flexibility index (Phi) is 3.26. The van der Waals surface area contributed by atoms with Gasteiger partial charge in [0.1, 0.15) is 0 Å². The molecular weight excluding hydrogens is 212 g/mol. The summed E-state index contributed by atoms with van der Waals surface area (Å²) < 4.78 is 0. The van der Waals surface area contributed by atoms with Crippen LogP contribution >= 0.6 is 12.6 Å². The Bertz CT molecular complexity index is 237. The van der Waals surface area contributed by atoms with E-state index in [-0.39, 0.29) is 0 Å². The Morgan fingerprint density at radius 3 is 2.25 bits per heavy atom.